The Hall–Kier alpha value is -1.92. The molecule has 126 valence electrons. The van der Waals surface area contributed by atoms with E-state index in [1.165, 1.54) is 0 Å². The van der Waals surface area contributed by atoms with Gasteiger partial charge >= 0.3 is 0 Å². The Bertz CT molecular complexity index is 578. The van der Waals surface area contributed by atoms with Crippen LogP contribution in [0.25, 0.3) is 0 Å². The molecule has 7 heteroatoms. The maximum Gasteiger partial charge on any atom is 0.229 e. The van der Waals surface area contributed by atoms with E-state index in [0.29, 0.717) is 18.3 Å². The van der Waals surface area contributed by atoms with Gasteiger partial charge < -0.3 is 14.3 Å². The number of aromatic nitrogens is 2. The fourth-order valence-corrected chi connectivity index (χ4v) is 3.55. The van der Waals surface area contributed by atoms with Crippen LogP contribution < -0.4 is 0 Å². The topological polar surface area (TPSA) is 79.5 Å². The summed E-state index contributed by atoms with van der Waals surface area (Å²) >= 11 is 0. The normalized spacial score (nSPS) is 23.1. The summed E-state index contributed by atoms with van der Waals surface area (Å²) in [5.74, 6) is 1.80. The zero-order chi connectivity index (χ0) is 16.4. The summed E-state index contributed by atoms with van der Waals surface area (Å²) < 4.78 is 5.25. The van der Waals surface area contributed by atoms with Crippen molar-refractivity contribution in [2.24, 2.45) is 5.92 Å². The lowest BCUT2D eigenvalue weighted by Gasteiger charge is -2.37. The molecule has 1 atom stereocenters. The summed E-state index contributed by atoms with van der Waals surface area (Å²) in [4.78, 5) is 32.3. The van der Waals surface area contributed by atoms with Crippen molar-refractivity contribution in [3.05, 3.63) is 11.7 Å². The van der Waals surface area contributed by atoms with E-state index >= 15 is 0 Å². The SMILES string of the molecule is CC(=O)N1CCCC(C(=O)N2CCC(c3nc(C)no3)CC2)C1. The van der Waals surface area contributed by atoms with Crippen molar-refractivity contribution < 1.29 is 14.1 Å². The molecule has 0 aliphatic carbocycles. The second-order valence-electron chi connectivity index (χ2n) is 6.58. The molecule has 2 saturated heterocycles. The standard InChI is InChI=1S/C16H24N4O3/c1-11-17-15(23-18-11)13-5-8-19(9-6-13)16(22)14-4-3-7-20(10-14)12(2)21/h13-14H,3-10H2,1-2H3. The summed E-state index contributed by atoms with van der Waals surface area (Å²) in [6.45, 7) is 6.18. The Labute approximate surface area is 136 Å². The molecule has 2 aliphatic heterocycles. The van der Waals surface area contributed by atoms with E-state index < -0.39 is 0 Å². The average molecular weight is 320 g/mol. The minimum atomic E-state index is -0.0464. The molecule has 2 amide bonds. The van der Waals surface area contributed by atoms with E-state index in [1.54, 1.807) is 11.8 Å². The number of carbonyl (C=O) groups excluding carboxylic acids is 2. The molecule has 0 N–H and O–H groups in total. The molecule has 3 rings (SSSR count). The van der Waals surface area contributed by atoms with Crippen LogP contribution in [0, 0.1) is 12.8 Å². The largest absolute Gasteiger partial charge is 0.342 e. The molecular formula is C16H24N4O3. The summed E-state index contributed by atoms with van der Waals surface area (Å²) in [6.07, 6.45) is 3.51. The minimum absolute atomic E-state index is 0.0464. The number of hydrogen-bond acceptors (Lipinski definition) is 5. The lowest BCUT2D eigenvalue weighted by Crippen LogP contribution is -2.48. The predicted molar refractivity (Wildman–Crippen MR) is 82.6 cm³/mol. The summed E-state index contributed by atoms with van der Waals surface area (Å²) in [5.41, 5.74) is 0. The van der Waals surface area contributed by atoms with Crippen LogP contribution in [0.3, 0.4) is 0 Å². The van der Waals surface area contributed by atoms with Gasteiger partial charge in [-0.15, -0.1) is 0 Å². The molecule has 0 saturated carbocycles. The maximum atomic E-state index is 12.7. The van der Waals surface area contributed by atoms with E-state index in [2.05, 4.69) is 10.1 Å². The second-order valence-corrected chi connectivity index (χ2v) is 6.58. The number of aryl methyl sites for hydroxylation is 1. The summed E-state index contributed by atoms with van der Waals surface area (Å²) in [6, 6.07) is 0. The highest BCUT2D eigenvalue weighted by Gasteiger charge is 2.33. The number of piperidine rings is 2. The van der Waals surface area contributed by atoms with Crippen molar-refractivity contribution in [1.29, 1.82) is 0 Å². The van der Waals surface area contributed by atoms with Crippen molar-refractivity contribution in [2.75, 3.05) is 26.2 Å². The lowest BCUT2D eigenvalue weighted by molar-refractivity contribution is -0.141. The van der Waals surface area contributed by atoms with Crippen LogP contribution in [0.5, 0.6) is 0 Å². The number of hydrogen-bond donors (Lipinski definition) is 0. The van der Waals surface area contributed by atoms with Gasteiger partial charge in [0.15, 0.2) is 5.82 Å². The predicted octanol–water partition coefficient (Wildman–Crippen LogP) is 1.34. The van der Waals surface area contributed by atoms with Gasteiger partial charge in [-0.3, -0.25) is 9.59 Å². The summed E-state index contributed by atoms with van der Waals surface area (Å²) in [5, 5.41) is 3.84. The van der Waals surface area contributed by atoms with Gasteiger partial charge in [-0.25, -0.2) is 0 Å². The molecule has 3 heterocycles. The van der Waals surface area contributed by atoms with Crippen LogP contribution in [0.2, 0.25) is 0 Å². The van der Waals surface area contributed by atoms with Crippen LogP contribution >= 0.6 is 0 Å². The van der Waals surface area contributed by atoms with Gasteiger partial charge in [-0.05, 0) is 32.6 Å². The van der Waals surface area contributed by atoms with Gasteiger partial charge in [-0.1, -0.05) is 5.16 Å². The first-order valence-corrected chi connectivity index (χ1v) is 8.39. The number of carbonyl (C=O) groups is 2. The first-order valence-electron chi connectivity index (χ1n) is 8.39. The van der Waals surface area contributed by atoms with Crippen molar-refractivity contribution in [3.63, 3.8) is 0 Å². The molecule has 1 aromatic heterocycles. The molecular weight excluding hydrogens is 296 g/mol. The Morgan fingerprint density at radius 2 is 1.87 bits per heavy atom. The zero-order valence-corrected chi connectivity index (χ0v) is 13.8. The van der Waals surface area contributed by atoms with Gasteiger partial charge in [0.2, 0.25) is 17.7 Å². The van der Waals surface area contributed by atoms with E-state index in [9.17, 15) is 9.59 Å². The van der Waals surface area contributed by atoms with Crippen molar-refractivity contribution >= 4 is 11.8 Å². The van der Waals surface area contributed by atoms with Crippen molar-refractivity contribution in [2.45, 2.75) is 45.4 Å². The van der Waals surface area contributed by atoms with Gasteiger partial charge in [0.25, 0.3) is 0 Å². The Morgan fingerprint density at radius 3 is 2.48 bits per heavy atom. The van der Waals surface area contributed by atoms with Crippen molar-refractivity contribution in [1.82, 2.24) is 19.9 Å². The van der Waals surface area contributed by atoms with Crippen LogP contribution in [0.15, 0.2) is 4.52 Å². The highest BCUT2D eigenvalue weighted by Crippen LogP contribution is 2.28. The summed E-state index contributed by atoms with van der Waals surface area (Å²) in [7, 11) is 0. The molecule has 1 aromatic rings. The van der Waals surface area contributed by atoms with Gasteiger partial charge in [-0.2, -0.15) is 4.98 Å². The molecule has 2 aliphatic rings. The highest BCUT2D eigenvalue weighted by molar-refractivity contribution is 5.81. The third-order valence-electron chi connectivity index (χ3n) is 4.92. The highest BCUT2D eigenvalue weighted by atomic mass is 16.5. The lowest BCUT2D eigenvalue weighted by atomic mass is 9.92. The monoisotopic (exact) mass is 320 g/mol. The number of likely N-dealkylation sites (tertiary alicyclic amines) is 2. The zero-order valence-electron chi connectivity index (χ0n) is 13.8. The number of rotatable bonds is 2. The molecule has 0 spiro atoms. The van der Waals surface area contributed by atoms with Crippen molar-refractivity contribution in [3.8, 4) is 0 Å². The fraction of sp³-hybridized carbons (Fsp3) is 0.750. The van der Waals surface area contributed by atoms with Gasteiger partial charge in [0.1, 0.15) is 0 Å². The molecule has 0 radical (unpaired) electrons. The third-order valence-corrected chi connectivity index (χ3v) is 4.92. The molecule has 7 nitrogen and oxygen atoms in total. The third kappa shape index (κ3) is 3.54. The average Bonchev–Trinajstić information content (AvgIpc) is 3.01. The molecule has 1 unspecified atom stereocenters. The van der Waals surface area contributed by atoms with E-state index in [4.69, 9.17) is 4.52 Å². The first kappa shape index (κ1) is 16.0. The molecule has 2 fully saturated rings. The Kier molecular flexibility index (Phi) is 4.63. The van der Waals surface area contributed by atoms with Crippen LogP contribution in [0.1, 0.15) is 50.2 Å². The second kappa shape index (κ2) is 6.68. The number of amides is 2. The smallest absolute Gasteiger partial charge is 0.229 e. The quantitative estimate of drug-likeness (QED) is 0.821. The molecule has 23 heavy (non-hydrogen) atoms. The Morgan fingerprint density at radius 1 is 1.13 bits per heavy atom. The number of nitrogens with zero attached hydrogens (tertiary/aromatic N) is 4. The van der Waals surface area contributed by atoms with Crippen LogP contribution in [-0.4, -0.2) is 57.9 Å². The minimum Gasteiger partial charge on any atom is -0.342 e. The first-order chi connectivity index (χ1) is 11.0. The van der Waals surface area contributed by atoms with E-state index in [-0.39, 0.29) is 23.7 Å². The van der Waals surface area contributed by atoms with Gasteiger partial charge in [0.05, 0.1) is 5.92 Å². The fourth-order valence-electron chi connectivity index (χ4n) is 3.55. The van der Waals surface area contributed by atoms with Gasteiger partial charge in [0, 0.05) is 39.0 Å². The van der Waals surface area contributed by atoms with Crippen LogP contribution in [0.4, 0.5) is 0 Å². The maximum absolute atomic E-state index is 12.7. The van der Waals surface area contributed by atoms with E-state index in [1.807, 2.05) is 11.8 Å². The van der Waals surface area contributed by atoms with Crippen LogP contribution in [-0.2, 0) is 9.59 Å². The molecule has 0 bridgehead atoms. The Balaban J connectivity index is 1.54. The molecule has 0 aromatic carbocycles. The van der Waals surface area contributed by atoms with E-state index in [0.717, 1.165) is 45.3 Å².